The summed E-state index contributed by atoms with van der Waals surface area (Å²) in [6.07, 6.45) is 0. The quantitative estimate of drug-likeness (QED) is 0.766. The molecule has 0 fully saturated rings. The summed E-state index contributed by atoms with van der Waals surface area (Å²) in [5.74, 6) is -0.673. The van der Waals surface area contributed by atoms with Crippen LogP contribution in [0.15, 0.2) is 0 Å². The Hall–Kier alpha value is -2.58. The summed E-state index contributed by atoms with van der Waals surface area (Å²) in [4.78, 5) is 50.1. The molecular weight excluding hydrogens is 276 g/mol. The van der Waals surface area contributed by atoms with E-state index in [0.29, 0.717) is 0 Å². The Kier molecular flexibility index (Phi) is 4.90. The lowest BCUT2D eigenvalue weighted by molar-refractivity contribution is -0.117. The minimum Gasteiger partial charge on any atom is -0.284 e. The third-order valence-electron chi connectivity index (χ3n) is 2.92. The van der Waals surface area contributed by atoms with Crippen LogP contribution in [0.4, 0.5) is 17.8 Å². The molecule has 0 spiro atoms. The molecule has 9 heteroatoms. The first kappa shape index (κ1) is 16.5. The third kappa shape index (κ3) is 3.71. The van der Waals surface area contributed by atoms with E-state index in [2.05, 4.69) is 15.0 Å². The van der Waals surface area contributed by atoms with Crippen molar-refractivity contribution >= 4 is 35.6 Å². The lowest BCUT2D eigenvalue weighted by Gasteiger charge is -2.20. The van der Waals surface area contributed by atoms with Crippen molar-refractivity contribution in [2.75, 3.05) is 35.8 Å². The van der Waals surface area contributed by atoms with Gasteiger partial charge in [-0.15, -0.1) is 0 Å². The van der Waals surface area contributed by atoms with Crippen LogP contribution in [-0.2, 0) is 14.4 Å². The molecule has 0 saturated heterocycles. The zero-order valence-electron chi connectivity index (χ0n) is 12.9. The van der Waals surface area contributed by atoms with Crippen molar-refractivity contribution in [2.24, 2.45) is 0 Å². The van der Waals surface area contributed by atoms with E-state index in [0.717, 1.165) is 0 Å². The molecule has 0 aliphatic heterocycles. The zero-order chi connectivity index (χ0) is 16.3. The van der Waals surface area contributed by atoms with Gasteiger partial charge in [0.25, 0.3) is 0 Å². The van der Waals surface area contributed by atoms with Gasteiger partial charge in [-0.25, -0.2) is 0 Å². The highest BCUT2D eigenvalue weighted by atomic mass is 16.2. The molecule has 1 aromatic rings. The topological polar surface area (TPSA) is 99.6 Å². The third-order valence-corrected chi connectivity index (χ3v) is 2.92. The van der Waals surface area contributed by atoms with Gasteiger partial charge in [0.05, 0.1) is 0 Å². The summed E-state index contributed by atoms with van der Waals surface area (Å²) in [7, 11) is 4.48. The van der Waals surface area contributed by atoms with E-state index < -0.39 is 0 Å². The Morgan fingerprint density at radius 1 is 0.619 bits per heavy atom. The first-order valence-corrected chi connectivity index (χ1v) is 6.14. The minimum absolute atomic E-state index is 0.0590. The second kappa shape index (κ2) is 6.25. The summed E-state index contributed by atoms with van der Waals surface area (Å²) < 4.78 is 0. The molecule has 1 aromatic heterocycles. The molecular formula is C12H18N6O3. The normalized spacial score (nSPS) is 10.0. The molecule has 0 bridgehead atoms. The lowest BCUT2D eigenvalue weighted by atomic mass is 10.5. The van der Waals surface area contributed by atoms with Gasteiger partial charge in [-0.1, -0.05) is 0 Å². The standard InChI is InChI=1S/C12H18N6O3/c1-7(19)16(4)10-13-11(17(5)8(2)20)15-12(14-10)18(6)9(3)21/h1-6H3. The minimum atomic E-state index is -0.283. The number of hydrogen-bond donors (Lipinski definition) is 0. The Morgan fingerprint density at radius 2 is 0.810 bits per heavy atom. The molecule has 0 atom stereocenters. The molecule has 1 heterocycles. The SMILES string of the molecule is CC(=O)N(C)c1nc(N(C)C(C)=O)nc(N(C)C(C)=O)n1. The van der Waals surface area contributed by atoms with Crippen LogP contribution in [0.3, 0.4) is 0 Å². The summed E-state index contributed by atoms with van der Waals surface area (Å²) in [6.45, 7) is 4.06. The Morgan fingerprint density at radius 3 is 0.952 bits per heavy atom. The molecule has 0 aliphatic rings. The van der Waals surface area contributed by atoms with E-state index in [4.69, 9.17) is 0 Å². The van der Waals surface area contributed by atoms with Gasteiger partial charge in [0, 0.05) is 41.9 Å². The van der Waals surface area contributed by atoms with Crippen LogP contribution in [-0.4, -0.2) is 53.8 Å². The Balaban J connectivity index is 3.42. The van der Waals surface area contributed by atoms with Crippen molar-refractivity contribution in [2.45, 2.75) is 20.8 Å². The number of hydrogen-bond acceptors (Lipinski definition) is 6. The number of amides is 3. The molecule has 9 nitrogen and oxygen atoms in total. The molecule has 114 valence electrons. The number of nitrogens with zero attached hydrogens (tertiary/aromatic N) is 6. The largest absolute Gasteiger partial charge is 0.284 e. The van der Waals surface area contributed by atoms with Gasteiger partial charge in [0.15, 0.2) is 0 Å². The second-order valence-electron chi connectivity index (χ2n) is 4.47. The second-order valence-corrected chi connectivity index (χ2v) is 4.47. The fraction of sp³-hybridized carbons (Fsp3) is 0.500. The van der Waals surface area contributed by atoms with E-state index in [1.54, 1.807) is 0 Å². The van der Waals surface area contributed by atoms with Crippen LogP contribution in [0.25, 0.3) is 0 Å². The van der Waals surface area contributed by atoms with E-state index in [9.17, 15) is 14.4 Å². The predicted octanol–water partition coefficient (Wildman–Crippen LogP) is -0.180. The lowest BCUT2D eigenvalue weighted by Crippen LogP contribution is -2.32. The molecule has 1 rings (SSSR count). The van der Waals surface area contributed by atoms with E-state index in [1.165, 1.54) is 56.6 Å². The van der Waals surface area contributed by atoms with Crippen molar-refractivity contribution in [3.63, 3.8) is 0 Å². The van der Waals surface area contributed by atoms with Crippen LogP contribution >= 0.6 is 0 Å². The van der Waals surface area contributed by atoms with Gasteiger partial charge in [0.1, 0.15) is 0 Å². The molecule has 0 aromatic carbocycles. The van der Waals surface area contributed by atoms with Gasteiger partial charge >= 0.3 is 0 Å². The predicted molar refractivity (Wildman–Crippen MR) is 77.1 cm³/mol. The van der Waals surface area contributed by atoms with Crippen LogP contribution in [0.2, 0.25) is 0 Å². The van der Waals surface area contributed by atoms with Crippen LogP contribution in [0.1, 0.15) is 20.8 Å². The fourth-order valence-corrected chi connectivity index (χ4v) is 1.22. The van der Waals surface area contributed by atoms with Crippen LogP contribution in [0, 0.1) is 0 Å². The highest BCUT2D eigenvalue weighted by Gasteiger charge is 2.20. The van der Waals surface area contributed by atoms with Crippen molar-refractivity contribution in [1.29, 1.82) is 0 Å². The van der Waals surface area contributed by atoms with Gasteiger partial charge in [-0.05, 0) is 0 Å². The summed E-state index contributed by atoms with van der Waals surface area (Å²) in [5, 5.41) is 0. The molecule has 3 amide bonds. The first-order chi connectivity index (χ1) is 9.65. The summed E-state index contributed by atoms with van der Waals surface area (Å²) in [5.41, 5.74) is 0. The Bertz CT molecular complexity index is 495. The van der Waals surface area contributed by atoms with Crippen molar-refractivity contribution < 1.29 is 14.4 Å². The smallest absolute Gasteiger partial charge is 0.238 e. The van der Waals surface area contributed by atoms with Gasteiger partial charge < -0.3 is 0 Å². The fourth-order valence-electron chi connectivity index (χ4n) is 1.22. The Labute approximate surface area is 122 Å². The first-order valence-electron chi connectivity index (χ1n) is 6.14. The van der Waals surface area contributed by atoms with Crippen LogP contribution in [0.5, 0.6) is 0 Å². The van der Waals surface area contributed by atoms with Crippen LogP contribution < -0.4 is 14.7 Å². The molecule has 0 unspecified atom stereocenters. The highest BCUT2D eigenvalue weighted by molar-refractivity contribution is 5.92. The van der Waals surface area contributed by atoms with Gasteiger partial charge in [-0.3, -0.25) is 29.1 Å². The van der Waals surface area contributed by atoms with Crippen molar-refractivity contribution in [1.82, 2.24) is 15.0 Å². The monoisotopic (exact) mass is 294 g/mol. The number of rotatable bonds is 3. The average molecular weight is 294 g/mol. The van der Waals surface area contributed by atoms with E-state index in [-0.39, 0.29) is 35.6 Å². The molecule has 0 N–H and O–H groups in total. The van der Waals surface area contributed by atoms with Crippen molar-refractivity contribution in [3.05, 3.63) is 0 Å². The van der Waals surface area contributed by atoms with Gasteiger partial charge in [0.2, 0.25) is 35.6 Å². The number of carbonyl (C=O) groups is 3. The molecule has 0 saturated carbocycles. The maximum absolute atomic E-state index is 11.4. The number of anilines is 3. The molecule has 21 heavy (non-hydrogen) atoms. The zero-order valence-corrected chi connectivity index (χ0v) is 12.9. The maximum atomic E-state index is 11.4. The van der Waals surface area contributed by atoms with E-state index >= 15 is 0 Å². The number of aromatic nitrogens is 3. The van der Waals surface area contributed by atoms with Gasteiger partial charge in [-0.2, -0.15) is 15.0 Å². The molecule has 0 radical (unpaired) electrons. The number of carbonyl (C=O) groups excluding carboxylic acids is 3. The summed E-state index contributed by atoms with van der Waals surface area (Å²) in [6, 6.07) is 0. The van der Waals surface area contributed by atoms with Crippen molar-refractivity contribution in [3.8, 4) is 0 Å². The maximum Gasteiger partial charge on any atom is 0.238 e. The highest BCUT2D eigenvalue weighted by Crippen LogP contribution is 2.17. The van der Waals surface area contributed by atoms with E-state index in [1.807, 2.05) is 0 Å². The average Bonchev–Trinajstić information content (AvgIpc) is 2.43. The summed E-state index contributed by atoms with van der Waals surface area (Å²) >= 11 is 0. The molecule has 0 aliphatic carbocycles.